The van der Waals surface area contributed by atoms with Crippen molar-refractivity contribution in [3.8, 4) is 11.4 Å². The first-order valence-electron chi connectivity index (χ1n) is 7.83. The summed E-state index contributed by atoms with van der Waals surface area (Å²) in [6.07, 6.45) is 5.23. The zero-order valence-electron chi connectivity index (χ0n) is 12.8. The number of hydrogen-bond donors (Lipinski definition) is 1. The minimum atomic E-state index is -0.452. The molecule has 1 aromatic heterocycles. The highest BCUT2D eigenvalue weighted by Crippen LogP contribution is 2.37. The van der Waals surface area contributed by atoms with Gasteiger partial charge in [0.15, 0.2) is 0 Å². The highest BCUT2D eigenvalue weighted by Gasteiger charge is 2.37. The van der Waals surface area contributed by atoms with E-state index < -0.39 is 5.54 Å². The molecule has 1 saturated carbocycles. The summed E-state index contributed by atoms with van der Waals surface area (Å²) in [6.45, 7) is 4.38. The van der Waals surface area contributed by atoms with Crippen molar-refractivity contribution >= 4 is 0 Å². The van der Waals surface area contributed by atoms with Crippen LogP contribution in [-0.4, -0.2) is 10.1 Å². The summed E-state index contributed by atoms with van der Waals surface area (Å²) in [5.41, 5.74) is 8.35. The molecule has 1 aliphatic rings. The molecule has 0 radical (unpaired) electrons. The van der Waals surface area contributed by atoms with E-state index in [9.17, 15) is 0 Å². The molecule has 3 rings (SSSR count). The van der Waals surface area contributed by atoms with E-state index in [1.54, 1.807) is 0 Å². The minimum absolute atomic E-state index is 0.452. The van der Waals surface area contributed by atoms with E-state index >= 15 is 0 Å². The van der Waals surface area contributed by atoms with Gasteiger partial charge in [0.25, 0.3) is 0 Å². The lowest BCUT2D eigenvalue weighted by Gasteiger charge is -2.33. The van der Waals surface area contributed by atoms with Crippen LogP contribution in [0.5, 0.6) is 0 Å². The summed E-state index contributed by atoms with van der Waals surface area (Å²) in [5.74, 6) is 1.84. The number of nitrogens with zero attached hydrogens (tertiary/aromatic N) is 2. The lowest BCUT2D eigenvalue weighted by molar-refractivity contribution is 0.183. The molecule has 1 aliphatic carbocycles. The first-order valence-corrected chi connectivity index (χ1v) is 7.83. The van der Waals surface area contributed by atoms with Crippen LogP contribution in [0.25, 0.3) is 11.4 Å². The summed E-state index contributed by atoms with van der Waals surface area (Å²) in [6, 6.07) is 8.29. The van der Waals surface area contributed by atoms with E-state index in [0.717, 1.165) is 31.2 Å². The third-order valence-electron chi connectivity index (χ3n) is 4.50. The fourth-order valence-electron chi connectivity index (χ4n) is 3.22. The highest BCUT2D eigenvalue weighted by atomic mass is 16.5. The van der Waals surface area contributed by atoms with Crippen molar-refractivity contribution < 1.29 is 4.52 Å². The summed E-state index contributed by atoms with van der Waals surface area (Å²) in [5, 5.41) is 4.12. The van der Waals surface area contributed by atoms with Gasteiger partial charge >= 0.3 is 0 Å². The van der Waals surface area contributed by atoms with E-state index in [-0.39, 0.29) is 0 Å². The van der Waals surface area contributed by atoms with Crippen molar-refractivity contribution in [1.29, 1.82) is 0 Å². The van der Waals surface area contributed by atoms with Crippen molar-refractivity contribution in [2.24, 2.45) is 11.7 Å². The first kappa shape index (κ1) is 14.3. The van der Waals surface area contributed by atoms with Gasteiger partial charge in [-0.15, -0.1) is 0 Å². The molecule has 0 spiro atoms. The maximum atomic E-state index is 6.51. The third-order valence-corrected chi connectivity index (χ3v) is 4.50. The predicted molar refractivity (Wildman–Crippen MR) is 82.6 cm³/mol. The SMILES string of the molecule is CCc1ccc(-c2noc(C3(N)CCCC(C)C3)n2)cc1. The van der Waals surface area contributed by atoms with Crippen LogP contribution in [0, 0.1) is 5.92 Å². The quantitative estimate of drug-likeness (QED) is 0.934. The molecular formula is C17H23N3O. The minimum Gasteiger partial charge on any atom is -0.337 e. The predicted octanol–water partition coefficient (Wildman–Crippen LogP) is 3.66. The molecule has 1 fully saturated rings. The lowest BCUT2D eigenvalue weighted by atomic mass is 9.77. The van der Waals surface area contributed by atoms with Gasteiger partial charge in [-0.1, -0.05) is 56.1 Å². The average molecular weight is 285 g/mol. The van der Waals surface area contributed by atoms with Crippen LogP contribution < -0.4 is 5.73 Å². The number of nitrogens with two attached hydrogens (primary N) is 1. The average Bonchev–Trinajstić information content (AvgIpc) is 2.98. The Hall–Kier alpha value is -1.68. The Morgan fingerprint density at radius 3 is 2.76 bits per heavy atom. The Kier molecular flexibility index (Phi) is 3.81. The van der Waals surface area contributed by atoms with E-state index in [4.69, 9.17) is 10.3 Å². The Morgan fingerprint density at radius 2 is 2.10 bits per heavy atom. The smallest absolute Gasteiger partial charge is 0.247 e. The second-order valence-electron chi connectivity index (χ2n) is 6.33. The van der Waals surface area contributed by atoms with E-state index in [2.05, 4.69) is 36.1 Å². The Balaban J connectivity index is 1.85. The van der Waals surface area contributed by atoms with E-state index in [1.807, 2.05) is 12.1 Å². The normalized spacial score (nSPS) is 26.0. The largest absolute Gasteiger partial charge is 0.337 e. The number of aromatic nitrogens is 2. The maximum Gasteiger partial charge on any atom is 0.247 e. The van der Waals surface area contributed by atoms with Gasteiger partial charge in [-0.3, -0.25) is 0 Å². The van der Waals surface area contributed by atoms with Gasteiger partial charge in [0.1, 0.15) is 0 Å². The van der Waals surface area contributed by atoms with Crippen molar-refractivity contribution in [2.75, 3.05) is 0 Å². The van der Waals surface area contributed by atoms with Crippen LogP contribution in [0.3, 0.4) is 0 Å². The fourth-order valence-corrected chi connectivity index (χ4v) is 3.22. The van der Waals surface area contributed by atoms with E-state index in [1.165, 1.54) is 12.0 Å². The van der Waals surface area contributed by atoms with Crippen LogP contribution in [-0.2, 0) is 12.0 Å². The number of aryl methyl sites for hydroxylation is 1. The molecule has 2 atom stereocenters. The number of benzene rings is 1. The molecule has 0 aliphatic heterocycles. The molecular weight excluding hydrogens is 262 g/mol. The Bertz CT molecular complexity index is 605. The van der Waals surface area contributed by atoms with Crippen LogP contribution in [0.1, 0.15) is 51.0 Å². The van der Waals surface area contributed by atoms with Gasteiger partial charge in [0, 0.05) is 5.56 Å². The molecule has 21 heavy (non-hydrogen) atoms. The molecule has 112 valence electrons. The van der Waals surface area contributed by atoms with Gasteiger partial charge in [0.05, 0.1) is 5.54 Å². The molecule has 4 heteroatoms. The van der Waals surface area contributed by atoms with Crippen molar-refractivity contribution in [2.45, 2.75) is 51.5 Å². The molecule has 0 bridgehead atoms. The van der Waals surface area contributed by atoms with Gasteiger partial charge < -0.3 is 10.3 Å². The summed E-state index contributed by atoms with van der Waals surface area (Å²) in [7, 11) is 0. The van der Waals surface area contributed by atoms with Gasteiger partial charge in [-0.25, -0.2) is 0 Å². The maximum absolute atomic E-state index is 6.51. The fraction of sp³-hybridized carbons (Fsp3) is 0.529. The van der Waals surface area contributed by atoms with Crippen LogP contribution >= 0.6 is 0 Å². The number of hydrogen-bond acceptors (Lipinski definition) is 4. The summed E-state index contributed by atoms with van der Waals surface area (Å²) in [4.78, 5) is 4.56. The topological polar surface area (TPSA) is 64.9 Å². The monoisotopic (exact) mass is 285 g/mol. The van der Waals surface area contributed by atoms with Gasteiger partial charge in [-0.05, 0) is 30.7 Å². The van der Waals surface area contributed by atoms with Crippen molar-refractivity contribution in [3.05, 3.63) is 35.7 Å². The zero-order valence-corrected chi connectivity index (χ0v) is 12.8. The molecule has 2 aromatic rings. The molecule has 1 heterocycles. The molecule has 2 N–H and O–H groups in total. The van der Waals surface area contributed by atoms with Crippen molar-refractivity contribution in [1.82, 2.24) is 10.1 Å². The van der Waals surface area contributed by atoms with Crippen LogP contribution in [0.15, 0.2) is 28.8 Å². The van der Waals surface area contributed by atoms with E-state index in [0.29, 0.717) is 17.6 Å². The number of rotatable bonds is 3. The zero-order chi connectivity index (χ0) is 14.9. The summed E-state index contributed by atoms with van der Waals surface area (Å²) >= 11 is 0. The molecule has 2 unspecified atom stereocenters. The Labute approximate surface area is 125 Å². The highest BCUT2D eigenvalue weighted by molar-refractivity contribution is 5.54. The van der Waals surface area contributed by atoms with Crippen LogP contribution in [0.4, 0.5) is 0 Å². The van der Waals surface area contributed by atoms with Crippen molar-refractivity contribution in [3.63, 3.8) is 0 Å². The molecule has 0 saturated heterocycles. The standard InChI is InChI=1S/C17H23N3O/c1-3-13-6-8-14(9-7-13)15-19-16(21-20-15)17(18)10-4-5-12(2)11-17/h6-9,12H,3-5,10-11,18H2,1-2H3. The lowest BCUT2D eigenvalue weighted by Crippen LogP contribution is -2.41. The van der Waals surface area contributed by atoms with Gasteiger partial charge in [0.2, 0.25) is 11.7 Å². The molecule has 4 nitrogen and oxygen atoms in total. The molecule has 0 amide bonds. The Morgan fingerprint density at radius 1 is 1.33 bits per heavy atom. The van der Waals surface area contributed by atoms with Crippen LogP contribution in [0.2, 0.25) is 0 Å². The third kappa shape index (κ3) is 2.86. The van der Waals surface area contributed by atoms with Gasteiger partial charge in [-0.2, -0.15) is 4.98 Å². The second kappa shape index (κ2) is 5.60. The molecule has 1 aromatic carbocycles. The summed E-state index contributed by atoms with van der Waals surface area (Å²) < 4.78 is 5.48. The first-order chi connectivity index (χ1) is 10.1. The second-order valence-corrected chi connectivity index (χ2v) is 6.33.